The van der Waals surface area contributed by atoms with Crippen LogP contribution in [0.25, 0.3) is 0 Å². The number of hydrogen-bond donors (Lipinski definition) is 1. The van der Waals surface area contributed by atoms with E-state index in [9.17, 15) is 14.0 Å². The SMILES string of the molecule is CCCNC(=O)[C@H](C)N(Cc1ccc(F)cc1)C(=O)Cc1ccccc1. The van der Waals surface area contributed by atoms with Gasteiger partial charge in [-0.15, -0.1) is 0 Å². The smallest absolute Gasteiger partial charge is 0.242 e. The van der Waals surface area contributed by atoms with Gasteiger partial charge in [-0.25, -0.2) is 4.39 Å². The van der Waals surface area contributed by atoms with Crippen LogP contribution in [0, 0.1) is 5.82 Å². The van der Waals surface area contributed by atoms with Crippen LogP contribution in [0.5, 0.6) is 0 Å². The zero-order valence-electron chi connectivity index (χ0n) is 15.2. The lowest BCUT2D eigenvalue weighted by atomic mass is 10.1. The maximum Gasteiger partial charge on any atom is 0.242 e. The molecule has 0 spiro atoms. The van der Waals surface area contributed by atoms with Crippen molar-refractivity contribution < 1.29 is 14.0 Å². The molecule has 2 amide bonds. The minimum atomic E-state index is -0.609. The number of nitrogens with zero attached hydrogens (tertiary/aromatic N) is 1. The molecule has 0 aliphatic rings. The minimum absolute atomic E-state index is 0.139. The largest absolute Gasteiger partial charge is 0.354 e. The Hall–Kier alpha value is -2.69. The van der Waals surface area contributed by atoms with Gasteiger partial charge in [0.2, 0.25) is 11.8 Å². The van der Waals surface area contributed by atoms with Crippen LogP contribution in [-0.2, 0) is 22.6 Å². The molecule has 0 bridgehead atoms. The van der Waals surface area contributed by atoms with E-state index in [0.29, 0.717) is 6.54 Å². The monoisotopic (exact) mass is 356 g/mol. The molecule has 1 N–H and O–H groups in total. The number of carbonyl (C=O) groups excluding carboxylic acids is 2. The lowest BCUT2D eigenvalue weighted by molar-refractivity contribution is -0.140. The van der Waals surface area contributed by atoms with Crippen LogP contribution in [0.4, 0.5) is 4.39 Å². The summed E-state index contributed by atoms with van der Waals surface area (Å²) in [6, 6.07) is 14.8. The Balaban J connectivity index is 2.17. The normalized spacial score (nSPS) is 11.7. The van der Waals surface area contributed by atoms with Crippen molar-refractivity contribution in [1.82, 2.24) is 10.2 Å². The molecule has 2 aromatic carbocycles. The predicted molar refractivity (Wildman–Crippen MR) is 99.9 cm³/mol. The van der Waals surface area contributed by atoms with Crippen molar-refractivity contribution in [1.29, 1.82) is 0 Å². The first-order valence-corrected chi connectivity index (χ1v) is 8.86. The van der Waals surface area contributed by atoms with Crippen LogP contribution < -0.4 is 5.32 Å². The Kier molecular flexibility index (Phi) is 7.33. The van der Waals surface area contributed by atoms with E-state index < -0.39 is 6.04 Å². The number of amides is 2. The second-order valence-electron chi connectivity index (χ2n) is 6.28. The molecule has 4 nitrogen and oxygen atoms in total. The van der Waals surface area contributed by atoms with Gasteiger partial charge in [0, 0.05) is 13.1 Å². The van der Waals surface area contributed by atoms with Crippen molar-refractivity contribution in [2.45, 2.75) is 39.3 Å². The van der Waals surface area contributed by atoms with Gasteiger partial charge >= 0.3 is 0 Å². The fourth-order valence-electron chi connectivity index (χ4n) is 2.64. The molecule has 138 valence electrons. The average molecular weight is 356 g/mol. The predicted octanol–water partition coefficient (Wildman–Crippen LogP) is 3.31. The van der Waals surface area contributed by atoms with Gasteiger partial charge in [-0.2, -0.15) is 0 Å². The van der Waals surface area contributed by atoms with Crippen molar-refractivity contribution >= 4 is 11.8 Å². The van der Waals surface area contributed by atoms with Crippen molar-refractivity contribution in [2.24, 2.45) is 0 Å². The zero-order valence-corrected chi connectivity index (χ0v) is 15.2. The van der Waals surface area contributed by atoms with Crippen LogP contribution in [0.1, 0.15) is 31.4 Å². The number of hydrogen-bond acceptors (Lipinski definition) is 2. The maximum atomic E-state index is 13.2. The first-order valence-electron chi connectivity index (χ1n) is 8.86. The molecule has 5 heteroatoms. The summed E-state index contributed by atoms with van der Waals surface area (Å²) >= 11 is 0. The highest BCUT2D eigenvalue weighted by molar-refractivity contribution is 5.88. The molecule has 2 rings (SSSR count). The Labute approximate surface area is 154 Å². The molecule has 0 saturated carbocycles. The number of carbonyl (C=O) groups is 2. The molecule has 0 radical (unpaired) electrons. The number of rotatable bonds is 8. The van der Waals surface area contributed by atoms with Crippen molar-refractivity contribution in [3.63, 3.8) is 0 Å². The average Bonchev–Trinajstić information content (AvgIpc) is 2.65. The van der Waals surface area contributed by atoms with Crippen LogP contribution in [-0.4, -0.2) is 29.3 Å². The summed E-state index contributed by atoms with van der Waals surface area (Å²) in [6.07, 6.45) is 1.04. The molecule has 26 heavy (non-hydrogen) atoms. The van der Waals surface area contributed by atoms with Crippen LogP contribution >= 0.6 is 0 Å². The second-order valence-corrected chi connectivity index (χ2v) is 6.28. The second kappa shape index (κ2) is 9.70. The fourth-order valence-corrected chi connectivity index (χ4v) is 2.64. The summed E-state index contributed by atoms with van der Waals surface area (Å²) in [4.78, 5) is 26.8. The van der Waals surface area contributed by atoms with Crippen molar-refractivity contribution in [3.05, 3.63) is 71.5 Å². The Morgan fingerprint density at radius 1 is 1.04 bits per heavy atom. The third kappa shape index (κ3) is 5.69. The van der Waals surface area contributed by atoms with E-state index in [1.807, 2.05) is 37.3 Å². The standard InChI is InChI=1S/C21H25FN2O2/c1-3-13-23-21(26)16(2)24(15-18-9-11-19(22)12-10-18)20(25)14-17-7-5-4-6-8-17/h4-12,16H,3,13-15H2,1-2H3,(H,23,26)/t16-/m0/s1. The van der Waals surface area contributed by atoms with Gasteiger partial charge in [0.25, 0.3) is 0 Å². The summed E-state index contributed by atoms with van der Waals surface area (Å²) in [6.45, 7) is 4.52. The van der Waals surface area contributed by atoms with Crippen molar-refractivity contribution in [2.75, 3.05) is 6.54 Å². The number of benzene rings is 2. The summed E-state index contributed by atoms with van der Waals surface area (Å²) in [5, 5.41) is 2.83. The Morgan fingerprint density at radius 2 is 1.69 bits per heavy atom. The highest BCUT2D eigenvalue weighted by atomic mass is 19.1. The van der Waals surface area contributed by atoms with E-state index >= 15 is 0 Å². The van der Waals surface area contributed by atoms with Crippen molar-refractivity contribution in [3.8, 4) is 0 Å². The molecule has 0 aliphatic heterocycles. The van der Waals surface area contributed by atoms with E-state index in [1.54, 1.807) is 24.0 Å². The molecular formula is C21H25FN2O2. The molecule has 0 heterocycles. The maximum absolute atomic E-state index is 13.2. The highest BCUT2D eigenvalue weighted by Gasteiger charge is 2.25. The summed E-state index contributed by atoms with van der Waals surface area (Å²) in [5.41, 5.74) is 1.67. The van der Waals surface area contributed by atoms with E-state index in [0.717, 1.165) is 17.5 Å². The third-order valence-corrected chi connectivity index (χ3v) is 4.18. The molecule has 1 atom stereocenters. The minimum Gasteiger partial charge on any atom is -0.354 e. The topological polar surface area (TPSA) is 49.4 Å². The first-order chi connectivity index (χ1) is 12.5. The van der Waals surface area contributed by atoms with Gasteiger partial charge < -0.3 is 10.2 Å². The molecule has 2 aromatic rings. The van der Waals surface area contributed by atoms with Gasteiger partial charge in [0.05, 0.1) is 6.42 Å². The molecule has 0 aliphatic carbocycles. The van der Waals surface area contributed by atoms with Crippen LogP contribution in [0.2, 0.25) is 0 Å². The van der Waals surface area contributed by atoms with Gasteiger partial charge in [-0.3, -0.25) is 9.59 Å². The van der Waals surface area contributed by atoms with Crippen LogP contribution in [0.3, 0.4) is 0 Å². The van der Waals surface area contributed by atoms with E-state index in [1.165, 1.54) is 12.1 Å². The molecule has 0 unspecified atom stereocenters. The molecule has 0 fully saturated rings. The van der Waals surface area contributed by atoms with E-state index in [4.69, 9.17) is 0 Å². The zero-order chi connectivity index (χ0) is 18.9. The van der Waals surface area contributed by atoms with Gasteiger partial charge in [-0.05, 0) is 36.6 Å². The van der Waals surface area contributed by atoms with Gasteiger partial charge in [0.15, 0.2) is 0 Å². The Bertz CT molecular complexity index is 717. The molecule has 0 saturated heterocycles. The first kappa shape index (κ1) is 19.6. The fraction of sp³-hybridized carbons (Fsp3) is 0.333. The number of halogens is 1. The lowest BCUT2D eigenvalue weighted by Crippen LogP contribution is -2.48. The van der Waals surface area contributed by atoms with E-state index in [-0.39, 0.29) is 30.6 Å². The van der Waals surface area contributed by atoms with Crippen LogP contribution in [0.15, 0.2) is 54.6 Å². The molecule has 0 aromatic heterocycles. The van der Waals surface area contributed by atoms with E-state index in [2.05, 4.69) is 5.32 Å². The summed E-state index contributed by atoms with van der Waals surface area (Å²) < 4.78 is 13.2. The summed E-state index contributed by atoms with van der Waals surface area (Å²) in [5.74, 6) is -0.653. The van der Waals surface area contributed by atoms with Gasteiger partial charge in [-0.1, -0.05) is 49.4 Å². The molecular weight excluding hydrogens is 331 g/mol. The quantitative estimate of drug-likeness (QED) is 0.789. The van der Waals surface area contributed by atoms with Gasteiger partial charge in [0.1, 0.15) is 11.9 Å². The highest BCUT2D eigenvalue weighted by Crippen LogP contribution is 2.13. The lowest BCUT2D eigenvalue weighted by Gasteiger charge is -2.29. The third-order valence-electron chi connectivity index (χ3n) is 4.18. The summed E-state index contributed by atoms with van der Waals surface area (Å²) in [7, 11) is 0. The number of nitrogens with one attached hydrogen (secondary N) is 1. The Morgan fingerprint density at radius 3 is 2.31 bits per heavy atom.